The summed E-state index contributed by atoms with van der Waals surface area (Å²) in [4.78, 5) is 21.4. The fourth-order valence-electron chi connectivity index (χ4n) is 3.88. The third-order valence-corrected chi connectivity index (χ3v) is 5.79. The van der Waals surface area contributed by atoms with Gasteiger partial charge < -0.3 is 19.2 Å². The van der Waals surface area contributed by atoms with E-state index in [1.165, 1.54) is 6.26 Å². The molecule has 0 aliphatic carbocycles. The summed E-state index contributed by atoms with van der Waals surface area (Å²) in [5.74, 6) is 1.96. The molecule has 1 aromatic heterocycles. The lowest BCUT2D eigenvalue weighted by atomic mass is 10.1. The van der Waals surface area contributed by atoms with Gasteiger partial charge in [-0.2, -0.15) is 0 Å². The van der Waals surface area contributed by atoms with Crippen LogP contribution in [0.5, 0.6) is 11.5 Å². The fourth-order valence-corrected chi connectivity index (χ4v) is 3.88. The molecule has 0 atom stereocenters. The molecule has 174 valence electrons. The Morgan fingerprint density at radius 2 is 1.73 bits per heavy atom. The zero-order chi connectivity index (χ0) is 23.0. The lowest BCUT2D eigenvalue weighted by Crippen LogP contribution is -2.45. The molecule has 8 heteroatoms. The summed E-state index contributed by atoms with van der Waals surface area (Å²) in [5, 5.41) is 2.88. The number of piperazine rings is 1. The molecule has 1 saturated heterocycles. The van der Waals surface area contributed by atoms with Crippen LogP contribution in [0.25, 0.3) is 0 Å². The number of oxazole rings is 1. The second kappa shape index (κ2) is 11.0. The van der Waals surface area contributed by atoms with Crippen molar-refractivity contribution in [2.24, 2.45) is 0 Å². The lowest BCUT2D eigenvalue weighted by Gasteiger charge is -2.34. The predicted molar refractivity (Wildman–Crippen MR) is 124 cm³/mol. The van der Waals surface area contributed by atoms with Crippen molar-refractivity contribution in [2.45, 2.75) is 19.6 Å². The van der Waals surface area contributed by atoms with Crippen LogP contribution in [-0.2, 0) is 19.6 Å². The first-order valence-corrected chi connectivity index (χ1v) is 11.1. The van der Waals surface area contributed by atoms with E-state index in [1.807, 2.05) is 42.5 Å². The van der Waals surface area contributed by atoms with Gasteiger partial charge >= 0.3 is 0 Å². The van der Waals surface area contributed by atoms with Gasteiger partial charge in [0, 0.05) is 50.9 Å². The Hall–Kier alpha value is -3.36. The van der Waals surface area contributed by atoms with E-state index >= 15 is 0 Å². The summed E-state index contributed by atoms with van der Waals surface area (Å²) < 4.78 is 16.4. The second-order valence-electron chi connectivity index (χ2n) is 8.02. The molecule has 0 unspecified atom stereocenters. The zero-order valence-electron chi connectivity index (χ0n) is 19.1. The third kappa shape index (κ3) is 6.12. The minimum absolute atomic E-state index is 0.230. The molecule has 0 saturated carbocycles. The van der Waals surface area contributed by atoms with Crippen LogP contribution < -0.4 is 14.8 Å². The monoisotopic (exact) mass is 450 g/mol. The van der Waals surface area contributed by atoms with Crippen molar-refractivity contribution in [3.05, 3.63) is 77.5 Å². The van der Waals surface area contributed by atoms with Gasteiger partial charge in [0.25, 0.3) is 5.91 Å². The Labute approximate surface area is 194 Å². The summed E-state index contributed by atoms with van der Waals surface area (Å²) >= 11 is 0. The number of benzene rings is 2. The average Bonchev–Trinajstić information content (AvgIpc) is 3.33. The highest BCUT2D eigenvalue weighted by Crippen LogP contribution is 2.26. The number of rotatable bonds is 9. The largest absolute Gasteiger partial charge is 0.497 e. The van der Waals surface area contributed by atoms with Crippen LogP contribution in [0, 0.1) is 0 Å². The number of hydrogen-bond donors (Lipinski definition) is 1. The number of carbonyl (C=O) groups excluding carboxylic acids is 1. The molecule has 2 heterocycles. The van der Waals surface area contributed by atoms with E-state index < -0.39 is 0 Å². The Bertz CT molecular complexity index is 1050. The number of aromatic nitrogens is 1. The first-order valence-electron chi connectivity index (χ1n) is 11.1. The van der Waals surface area contributed by atoms with Gasteiger partial charge in [-0.3, -0.25) is 14.6 Å². The Kier molecular flexibility index (Phi) is 7.59. The van der Waals surface area contributed by atoms with Crippen LogP contribution in [0.1, 0.15) is 27.5 Å². The first kappa shape index (κ1) is 22.8. The summed E-state index contributed by atoms with van der Waals surface area (Å²) in [5.41, 5.74) is 2.50. The van der Waals surface area contributed by atoms with Crippen LogP contribution >= 0.6 is 0 Å². The number of nitrogens with one attached hydrogen (secondary N) is 1. The summed E-state index contributed by atoms with van der Waals surface area (Å²) in [6.45, 7) is 5.54. The topological polar surface area (TPSA) is 80.1 Å². The molecular weight excluding hydrogens is 420 g/mol. The van der Waals surface area contributed by atoms with Gasteiger partial charge in [0.2, 0.25) is 5.89 Å². The number of methoxy groups -OCH3 is 2. The Morgan fingerprint density at radius 1 is 1.00 bits per heavy atom. The van der Waals surface area contributed by atoms with Gasteiger partial charge in [0.1, 0.15) is 17.8 Å². The highest BCUT2D eigenvalue weighted by atomic mass is 16.5. The van der Waals surface area contributed by atoms with Gasteiger partial charge in [0.15, 0.2) is 5.69 Å². The molecule has 1 aliphatic heterocycles. The smallest absolute Gasteiger partial charge is 0.273 e. The number of ether oxygens (including phenoxy) is 2. The SMILES string of the molecule is COc1ccc(CN2CCN(Cc3nc(C(=O)NCc4ccccc4)co3)CC2)c(OC)c1. The van der Waals surface area contributed by atoms with Crippen molar-refractivity contribution in [3.8, 4) is 11.5 Å². The van der Waals surface area contributed by atoms with Crippen LogP contribution in [0.3, 0.4) is 0 Å². The molecule has 4 rings (SSSR count). The third-order valence-electron chi connectivity index (χ3n) is 5.79. The van der Waals surface area contributed by atoms with E-state index in [0.717, 1.165) is 55.3 Å². The normalized spacial score (nSPS) is 14.7. The van der Waals surface area contributed by atoms with Gasteiger partial charge in [-0.25, -0.2) is 4.98 Å². The average molecular weight is 451 g/mol. The minimum Gasteiger partial charge on any atom is -0.497 e. The van der Waals surface area contributed by atoms with Crippen molar-refractivity contribution in [2.75, 3.05) is 40.4 Å². The molecule has 8 nitrogen and oxygen atoms in total. The number of carbonyl (C=O) groups is 1. The molecule has 1 aliphatic rings. The number of amides is 1. The van der Waals surface area contributed by atoms with Crippen molar-refractivity contribution in [3.63, 3.8) is 0 Å². The highest BCUT2D eigenvalue weighted by molar-refractivity contribution is 5.91. The van der Waals surface area contributed by atoms with Crippen LogP contribution in [0.15, 0.2) is 59.2 Å². The van der Waals surface area contributed by atoms with Crippen LogP contribution in [0.2, 0.25) is 0 Å². The van der Waals surface area contributed by atoms with Crippen LogP contribution in [-0.4, -0.2) is 61.1 Å². The lowest BCUT2D eigenvalue weighted by molar-refractivity contribution is 0.0945. The first-order chi connectivity index (χ1) is 16.1. The molecule has 1 N–H and O–H groups in total. The standard InChI is InChI=1S/C25H30N4O4/c1-31-21-9-8-20(23(14-21)32-2)16-28-10-12-29(13-11-28)17-24-27-22(18-33-24)25(30)26-15-19-6-4-3-5-7-19/h3-9,14,18H,10-13,15-17H2,1-2H3,(H,26,30). The van der Waals surface area contributed by atoms with Gasteiger partial charge in [-0.15, -0.1) is 0 Å². The minimum atomic E-state index is -0.230. The van der Waals surface area contributed by atoms with Crippen molar-refractivity contribution < 1.29 is 18.7 Å². The van der Waals surface area contributed by atoms with E-state index in [9.17, 15) is 4.79 Å². The van der Waals surface area contributed by atoms with Gasteiger partial charge in [0.05, 0.1) is 20.8 Å². The molecule has 1 fully saturated rings. The molecule has 0 radical (unpaired) electrons. The highest BCUT2D eigenvalue weighted by Gasteiger charge is 2.21. The van der Waals surface area contributed by atoms with Crippen molar-refractivity contribution in [1.29, 1.82) is 0 Å². The number of hydrogen-bond acceptors (Lipinski definition) is 7. The van der Waals surface area contributed by atoms with E-state index in [2.05, 4.69) is 26.2 Å². The second-order valence-corrected chi connectivity index (χ2v) is 8.02. The van der Waals surface area contributed by atoms with Crippen molar-refractivity contribution in [1.82, 2.24) is 20.1 Å². The summed E-state index contributed by atoms with van der Waals surface area (Å²) in [7, 11) is 3.34. The quantitative estimate of drug-likeness (QED) is 0.537. The number of nitrogens with zero attached hydrogens (tertiary/aromatic N) is 3. The van der Waals surface area contributed by atoms with E-state index in [0.29, 0.717) is 24.7 Å². The molecule has 2 aromatic carbocycles. The Balaban J connectivity index is 1.24. The van der Waals surface area contributed by atoms with Gasteiger partial charge in [-0.05, 0) is 11.6 Å². The molecule has 0 spiro atoms. The van der Waals surface area contributed by atoms with E-state index in [1.54, 1.807) is 14.2 Å². The summed E-state index contributed by atoms with van der Waals surface area (Å²) in [6, 6.07) is 15.7. The maximum Gasteiger partial charge on any atom is 0.273 e. The van der Waals surface area contributed by atoms with Crippen LogP contribution in [0.4, 0.5) is 0 Å². The summed E-state index contributed by atoms with van der Waals surface area (Å²) in [6.07, 6.45) is 1.43. The fraction of sp³-hybridized carbons (Fsp3) is 0.360. The predicted octanol–water partition coefficient (Wildman–Crippen LogP) is 2.94. The Morgan fingerprint density at radius 3 is 2.42 bits per heavy atom. The molecule has 1 amide bonds. The molecule has 3 aromatic rings. The van der Waals surface area contributed by atoms with E-state index in [4.69, 9.17) is 13.9 Å². The molecule has 0 bridgehead atoms. The van der Waals surface area contributed by atoms with Gasteiger partial charge in [-0.1, -0.05) is 36.4 Å². The van der Waals surface area contributed by atoms with E-state index in [-0.39, 0.29) is 5.91 Å². The maximum absolute atomic E-state index is 12.4. The maximum atomic E-state index is 12.4. The molecule has 33 heavy (non-hydrogen) atoms. The molecular formula is C25H30N4O4. The zero-order valence-corrected chi connectivity index (χ0v) is 19.1. The van der Waals surface area contributed by atoms with Crippen molar-refractivity contribution >= 4 is 5.91 Å².